The Morgan fingerprint density at radius 1 is 0.926 bits per heavy atom. The Bertz CT molecular complexity index is 834. The molecule has 0 saturated carbocycles. The lowest BCUT2D eigenvalue weighted by Gasteiger charge is -2.28. The highest BCUT2D eigenvalue weighted by Gasteiger charge is 2.29. The molecule has 2 aromatic rings. The van der Waals surface area contributed by atoms with Gasteiger partial charge in [0.2, 0.25) is 5.91 Å². The van der Waals surface area contributed by atoms with Crippen LogP contribution in [-0.4, -0.2) is 36.3 Å². The normalized spacial score (nSPS) is 16.4. The number of fused-ring (bicyclic) bond motifs is 2. The van der Waals surface area contributed by atoms with Crippen LogP contribution in [0.5, 0.6) is 0 Å². The number of benzene rings is 2. The van der Waals surface area contributed by atoms with E-state index in [0.717, 1.165) is 25.3 Å². The quantitative estimate of drug-likeness (QED) is 0.860. The topological polar surface area (TPSA) is 52.7 Å². The Balaban J connectivity index is 0.00000210. The number of anilines is 3. The van der Waals surface area contributed by atoms with Crippen molar-refractivity contribution >= 4 is 41.3 Å². The third-order valence-electron chi connectivity index (χ3n) is 5.12. The zero-order valence-corrected chi connectivity index (χ0v) is 16.0. The van der Waals surface area contributed by atoms with Gasteiger partial charge in [-0.2, -0.15) is 0 Å². The first-order valence-electron chi connectivity index (χ1n) is 9.29. The first-order chi connectivity index (χ1) is 12.7. The number of nitrogens with zero attached hydrogens (tertiary/aromatic N) is 2. The third kappa shape index (κ3) is 3.99. The van der Waals surface area contributed by atoms with E-state index in [9.17, 15) is 9.59 Å². The molecule has 6 heteroatoms. The predicted octanol–water partition coefficient (Wildman–Crippen LogP) is 4.21. The van der Waals surface area contributed by atoms with E-state index < -0.39 is 0 Å². The summed E-state index contributed by atoms with van der Waals surface area (Å²) in [5.41, 5.74) is 2.57. The van der Waals surface area contributed by atoms with Crippen LogP contribution >= 0.6 is 12.4 Å². The Hall–Kier alpha value is -2.37. The number of hydrogen-bond acceptors (Lipinski definition) is 3. The van der Waals surface area contributed by atoms with Crippen molar-refractivity contribution in [2.24, 2.45) is 0 Å². The second kappa shape index (κ2) is 8.55. The van der Waals surface area contributed by atoms with Crippen LogP contribution in [0.15, 0.2) is 48.5 Å². The highest BCUT2D eigenvalue weighted by molar-refractivity contribution is 6.17. The molecule has 0 bridgehead atoms. The summed E-state index contributed by atoms with van der Waals surface area (Å²) in [6, 6.07) is 14.8. The number of likely N-dealkylation sites (tertiary alicyclic amines) is 1. The van der Waals surface area contributed by atoms with E-state index >= 15 is 0 Å². The van der Waals surface area contributed by atoms with Crippen molar-refractivity contribution in [1.82, 2.24) is 4.90 Å². The SMILES string of the molecule is Cl.O=C1Nc2ccccc2N(C(=O)CCN2CCCCC2)c2ccccc21. The summed E-state index contributed by atoms with van der Waals surface area (Å²) in [7, 11) is 0. The molecule has 2 heterocycles. The molecule has 0 unspecified atom stereocenters. The van der Waals surface area contributed by atoms with E-state index in [0.29, 0.717) is 23.4 Å². The number of nitrogens with one attached hydrogen (secondary N) is 1. The molecule has 1 saturated heterocycles. The van der Waals surface area contributed by atoms with Crippen LogP contribution in [0.1, 0.15) is 36.0 Å². The number of rotatable bonds is 3. The summed E-state index contributed by atoms with van der Waals surface area (Å²) in [5, 5.41) is 2.93. The number of piperidine rings is 1. The van der Waals surface area contributed by atoms with Crippen LogP contribution < -0.4 is 10.2 Å². The second-order valence-electron chi connectivity index (χ2n) is 6.87. The van der Waals surface area contributed by atoms with Crippen LogP contribution in [0.25, 0.3) is 0 Å². The van der Waals surface area contributed by atoms with Gasteiger partial charge in [-0.15, -0.1) is 12.4 Å². The summed E-state index contributed by atoms with van der Waals surface area (Å²) in [5.74, 6) is -0.161. The summed E-state index contributed by atoms with van der Waals surface area (Å²) < 4.78 is 0. The molecule has 1 N–H and O–H groups in total. The van der Waals surface area contributed by atoms with Crippen molar-refractivity contribution in [1.29, 1.82) is 0 Å². The molecule has 2 aliphatic heterocycles. The fraction of sp³-hybridized carbons (Fsp3) is 0.333. The monoisotopic (exact) mass is 385 g/mol. The number of carbonyl (C=O) groups is 2. The van der Waals surface area contributed by atoms with E-state index in [4.69, 9.17) is 0 Å². The number of hydrogen-bond donors (Lipinski definition) is 1. The third-order valence-corrected chi connectivity index (χ3v) is 5.12. The minimum atomic E-state index is -0.181. The lowest BCUT2D eigenvalue weighted by molar-refractivity contribution is -0.118. The van der Waals surface area contributed by atoms with Gasteiger partial charge in [-0.3, -0.25) is 14.5 Å². The van der Waals surface area contributed by atoms with Gasteiger partial charge in [0.25, 0.3) is 5.91 Å². The highest BCUT2D eigenvalue weighted by Crippen LogP contribution is 2.38. The zero-order valence-electron chi connectivity index (χ0n) is 15.2. The number of halogens is 1. The highest BCUT2D eigenvalue weighted by atomic mass is 35.5. The van der Waals surface area contributed by atoms with Crippen molar-refractivity contribution in [3.8, 4) is 0 Å². The van der Waals surface area contributed by atoms with Crippen LogP contribution in [0.3, 0.4) is 0 Å². The van der Waals surface area contributed by atoms with Crippen LogP contribution in [0.4, 0.5) is 17.1 Å². The lowest BCUT2D eigenvalue weighted by Crippen LogP contribution is -2.35. The molecule has 2 amide bonds. The Kier molecular flexibility index (Phi) is 6.14. The van der Waals surface area contributed by atoms with Crippen molar-refractivity contribution in [2.75, 3.05) is 29.9 Å². The minimum absolute atomic E-state index is 0. The molecule has 0 aromatic heterocycles. The molecule has 0 spiro atoms. The maximum absolute atomic E-state index is 13.2. The van der Waals surface area contributed by atoms with E-state index in [1.807, 2.05) is 42.5 Å². The largest absolute Gasteiger partial charge is 0.320 e. The molecular formula is C21H24ClN3O2. The molecular weight excluding hydrogens is 362 g/mol. The average molecular weight is 386 g/mol. The number of para-hydroxylation sites is 3. The van der Waals surface area contributed by atoms with E-state index in [1.54, 1.807) is 11.0 Å². The molecule has 5 nitrogen and oxygen atoms in total. The van der Waals surface area contributed by atoms with Crippen molar-refractivity contribution < 1.29 is 9.59 Å². The predicted molar refractivity (Wildman–Crippen MR) is 110 cm³/mol. The molecule has 4 rings (SSSR count). The zero-order chi connectivity index (χ0) is 17.9. The van der Waals surface area contributed by atoms with Gasteiger partial charge in [0.05, 0.1) is 22.6 Å². The summed E-state index contributed by atoms with van der Waals surface area (Å²) >= 11 is 0. The Morgan fingerprint density at radius 2 is 1.59 bits per heavy atom. The van der Waals surface area contributed by atoms with E-state index in [2.05, 4.69) is 10.2 Å². The molecule has 142 valence electrons. The van der Waals surface area contributed by atoms with Gasteiger partial charge in [-0.05, 0) is 50.2 Å². The van der Waals surface area contributed by atoms with Crippen molar-refractivity contribution in [2.45, 2.75) is 25.7 Å². The lowest BCUT2D eigenvalue weighted by atomic mass is 10.1. The second-order valence-corrected chi connectivity index (χ2v) is 6.87. The fourth-order valence-corrected chi connectivity index (χ4v) is 3.77. The summed E-state index contributed by atoms with van der Waals surface area (Å²) in [6.07, 6.45) is 4.14. The summed E-state index contributed by atoms with van der Waals surface area (Å²) in [6.45, 7) is 2.90. The van der Waals surface area contributed by atoms with Gasteiger partial charge in [0.15, 0.2) is 0 Å². The molecule has 2 aliphatic rings. The van der Waals surface area contributed by atoms with Crippen LogP contribution in [0, 0.1) is 0 Å². The minimum Gasteiger partial charge on any atom is -0.320 e. The van der Waals surface area contributed by atoms with E-state index in [-0.39, 0.29) is 24.2 Å². The fourth-order valence-electron chi connectivity index (χ4n) is 3.77. The molecule has 2 aromatic carbocycles. The van der Waals surface area contributed by atoms with Gasteiger partial charge >= 0.3 is 0 Å². The van der Waals surface area contributed by atoms with Crippen molar-refractivity contribution in [3.05, 3.63) is 54.1 Å². The maximum atomic E-state index is 13.2. The van der Waals surface area contributed by atoms with Gasteiger partial charge in [-0.1, -0.05) is 30.7 Å². The number of carbonyl (C=O) groups excluding carboxylic acids is 2. The molecule has 0 atom stereocenters. The average Bonchev–Trinajstić information content (AvgIpc) is 2.81. The maximum Gasteiger partial charge on any atom is 0.257 e. The van der Waals surface area contributed by atoms with E-state index in [1.165, 1.54) is 19.3 Å². The standard InChI is InChI=1S/C21H23N3O2.ClH/c25-20(12-15-23-13-6-1-7-14-23)24-18-10-4-2-8-16(18)21(26)22-17-9-3-5-11-19(17)24;/h2-5,8-11H,1,6-7,12-15H2,(H,22,26);1H. The van der Waals surface area contributed by atoms with Gasteiger partial charge in [-0.25, -0.2) is 0 Å². The first kappa shape index (κ1) is 19.4. The molecule has 27 heavy (non-hydrogen) atoms. The van der Waals surface area contributed by atoms with Crippen molar-refractivity contribution in [3.63, 3.8) is 0 Å². The van der Waals surface area contributed by atoms with Crippen LogP contribution in [-0.2, 0) is 4.79 Å². The number of amides is 2. The van der Waals surface area contributed by atoms with Gasteiger partial charge in [0.1, 0.15) is 0 Å². The first-order valence-corrected chi connectivity index (χ1v) is 9.29. The smallest absolute Gasteiger partial charge is 0.257 e. The molecule has 1 fully saturated rings. The summed E-state index contributed by atoms with van der Waals surface area (Å²) in [4.78, 5) is 29.8. The Morgan fingerprint density at radius 3 is 2.37 bits per heavy atom. The van der Waals surface area contributed by atoms with Gasteiger partial charge < -0.3 is 10.2 Å². The molecule has 0 aliphatic carbocycles. The Labute approximate surface area is 165 Å². The van der Waals surface area contributed by atoms with Crippen LogP contribution in [0.2, 0.25) is 0 Å². The van der Waals surface area contributed by atoms with Gasteiger partial charge in [0, 0.05) is 13.0 Å². The molecule has 0 radical (unpaired) electrons.